The van der Waals surface area contributed by atoms with Crippen LogP contribution < -0.4 is 15.4 Å². The lowest BCUT2D eigenvalue weighted by Gasteiger charge is -2.35. The molecule has 32 heavy (non-hydrogen) atoms. The Labute approximate surface area is 184 Å². The molecule has 1 saturated heterocycles. The number of nitrogens with zero attached hydrogens (tertiary/aromatic N) is 3. The van der Waals surface area contributed by atoms with Gasteiger partial charge in [-0.3, -0.25) is 4.79 Å². The number of alkyl halides is 2. The van der Waals surface area contributed by atoms with Crippen molar-refractivity contribution in [3.63, 3.8) is 0 Å². The van der Waals surface area contributed by atoms with E-state index < -0.39 is 17.3 Å². The zero-order valence-corrected chi connectivity index (χ0v) is 18.7. The normalized spacial score (nSPS) is 18.2. The first-order chi connectivity index (χ1) is 14.9. The van der Waals surface area contributed by atoms with E-state index >= 15 is 0 Å². The molecule has 3 heterocycles. The van der Waals surface area contributed by atoms with Crippen molar-refractivity contribution in [2.75, 3.05) is 30.5 Å². The van der Waals surface area contributed by atoms with E-state index in [-0.39, 0.29) is 30.3 Å². The quantitative estimate of drug-likeness (QED) is 0.658. The van der Waals surface area contributed by atoms with Crippen molar-refractivity contribution in [1.29, 1.82) is 0 Å². The summed E-state index contributed by atoms with van der Waals surface area (Å²) in [6.07, 6.45) is 1.12. The van der Waals surface area contributed by atoms with Gasteiger partial charge in [0.25, 0.3) is 0 Å². The van der Waals surface area contributed by atoms with E-state index in [1.165, 1.54) is 25.3 Å². The number of ether oxygens (including phenoxy) is 3. The molecule has 2 aromatic rings. The Bertz CT molecular complexity index is 981. The molecule has 0 radical (unpaired) electrons. The molecule has 174 valence electrons. The predicted octanol–water partition coefficient (Wildman–Crippen LogP) is 3.57. The maximum absolute atomic E-state index is 13.8. The largest absolute Gasteiger partial charge is 0.487 e. The molecule has 2 aromatic heterocycles. The second-order valence-corrected chi connectivity index (χ2v) is 8.30. The molecule has 11 heteroatoms. The highest BCUT2D eigenvalue weighted by Crippen LogP contribution is 2.31. The standard InChI is InChI=1S/C21H27F2N5O4/c1-12-6-18(28-19(25-12)21(5,22)23)27-15-7-17(26-13(2)29)24-8-16(15)31-10-14-9-30-11-20(3,4)32-14/h6-8,14H,9-11H2,1-5H3,(H2,24,25,26,27,28,29). The van der Waals surface area contributed by atoms with Crippen LogP contribution in [0.1, 0.15) is 39.2 Å². The van der Waals surface area contributed by atoms with Crippen LogP contribution in [0.3, 0.4) is 0 Å². The number of amides is 1. The highest BCUT2D eigenvalue weighted by molar-refractivity contribution is 5.88. The summed E-state index contributed by atoms with van der Waals surface area (Å²) < 4.78 is 44.9. The van der Waals surface area contributed by atoms with Gasteiger partial charge in [0.1, 0.15) is 24.3 Å². The minimum atomic E-state index is -3.20. The van der Waals surface area contributed by atoms with Crippen molar-refractivity contribution in [2.24, 2.45) is 0 Å². The van der Waals surface area contributed by atoms with Crippen LogP contribution >= 0.6 is 0 Å². The summed E-state index contributed by atoms with van der Waals surface area (Å²) in [4.78, 5) is 23.3. The number of carbonyl (C=O) groups excluding carboxylic acids is 1. The smallest absolute Gasteiger partial charge is 0.303 e. The third kappa shape index (κ3) is 6.54. The van der Waals surface area contributed by atoms with E-state index in [1.807, 2.05) is 13.8 Å². The van der Waals surface area contributed by atoms with Gasteiger partial charge in [0.15, 0.2) is 5.75 Å². The average molecular weight is 451 g/mol. The zero-order chi connectivity index (χ0) is 23.5. The molecule has 1 unspecified atom stereocenters. The molecule has 1 amide bonds. The minimum absolute atomic E-state index is 0.150. The van der Waals surface area contributed by atoms with Crippen molar-refractivity contribution >= 4 is 23.2 Å². The van der Waals surface area contributed by atoms with Crippen molar-refractivity contribution in [1.82, 2.24) is 15.0 Å². The number of hydrogen-bond donors (Lipinski definition) is 2. The van der Waals surface area contributed by atoms with Crippen LogP contribution in [0.4, 0.5) is 26.1 Å². The number of hydrogen-bond acceptors (Lipinski definition) is 8. The van der Waals surface area contributed by atoms with E-state index in [0.717, 1.165) is 6.92 Å². The van der Waals surface area contributed by atoms with E-state index in [2.05, 4.69) is 25.6 Å². The first kappa shape index (κ1) is 23.7. The fraction of sp³-hybridized carbons (Fsp3) is 0.524. The van der Waals surface area contributed by atoms with Crippen LogP contribution in [0.5, 0.6) is 5.75 Å². The number of aromatic nitrogens is 3. The van der Waals surface area contributed by atoms with Crippen molar-refractivity contribution in [2.45, 2.75) is 52.2 Å². The van der Waals surface area contributed by atoms with Gasteiger partial charge >= 0.3 is 5.92 Å². The molecule has 0 bridgehead atoms. The molecule has 0 aliphatic carbocycles. The molecule has 0 aromatic carbocycles. The molecule has 9 nitrogen and oxygen atoms in total. The Morgan fingerprint density at radius 2 is 2.06 bits per heavy atom. The van der Waals surface area contributed by atoms with Crippen LogP contribution in [-0.2, 0) is 20.2 Å². The zero-order valence-electron chi connectivity index (χ0n) is 18.7. The van der Waals surface area contributed by atoms with Gasteiger partial charge < -0.3 is 24.8 Å². The third-order valence-corrected chi connectivity index (χ3v) is 4.34. The number of rotatable bonds is 7. The van der Waals surface area contributed by atoms with Crippen LogP contribution in [0, 0.1) is 6.92 Å². The highest BCUT2D eigenvalue weighted by Gasteiger charge is 2.30. The molecule has 1 atom stereocenters. The molecule has 1 aliphatic rings. The summed E-state index contributed by atoms with van der Waals surface area (Å²) in [7, 11) is 0. The number of anilines is 3. The summed E-state index contributed by atoms with van der Waals surface area (Å²) in [5.74, 6) is -3.37. The maximum Gasteiger partial charge on any atom is 0.303 e. The van der Waals surface area contributed by atoms with E-state index in [0.29, 0.717) is 30.3 Å². The topological polar surface area (TPSA) is 107 Å². The summed E-state index contributed by atoms with van der Waals surface area (Å²) in [5, 5.41) is 5.55. The molecular weight excluding hydrogens is 424 g/mol. The summed E-state index contributed by atoms with van der Waals surface area (Å²) in [6, 6.07) is 3.05. The van der Waals surface area contributed by atoms with Gasteiger partial charge in [-0.05, 0) is 20.8 Å². The van der Waals surface area contributed by atoms with Gasteiger partial charge in [-0.25, -0.2) is 15.0 Å². The fourth-order valence-corrected chi connectivity index (χ4v) is 3.09. The molecule has 2 N–H and O–H groups in total. The fourth-order valence-electron chi connectivity index (χ4n) is 3.09. The van der Waals surface area contributed by atoms with Gasteiger partial charge in [0.05, 0.1) is 30.7 Å². The van der Waals surface area contributed by atoms with E-state index in [9.17, 15) is 13.6 Å². The van der Waals surface area contributed by atoms with Crippen LogP contribution in [0.15, 0.2) is 18.3 Å². The summed E-state index contributed by atoms with van der Waals surface area (Å²) >= 11 is 0. The minimum Gasteiger partial charge on any atom is -0.487 e. The summed E-state index contributed by atoms with van der Waals surface area (Å²) in [5.41, 5.74) is 0.317. The van der Waals surface area contributed by atoms with E-state index in [1.54, 1.807) is 6.92 Å². The first-order valence-corrected chi connectivity index (χ1v) is 10.1. The Kier molecular flexibility index (Phi) is 6.89. The number of carbonyl (C=O) groups is 1. The highest BCUT2D eigenvalue weighted by atomic mass is 19.3. The van der Waals surface area contributed by atoms with Gasteiger partial charge in [0, 0.05) is 31.7 Å². The maximum atomic E-state index is 13.8. The van der Waals surface area contributed by atoms with Crippen molar-refractivity contribution in [3.05, 3.63) is 29.8 Å². The van der Waals surface area contributed by atoms with Crippen LogP contribution in [-0.4, -0.2) is 52.4 Å². The number of halogens is 2. The average Bonchev–Trinajstić information content (AvgIpc) is 2.65. The molecule has 0 saturated carbocycles. The van der Waals surface area contributed by atoms with Crippen LogP contribution in [0.2, 0.25) is 0 Å². The van der Waals surface area contributed by atoms with Gasteiger partial charge in [-0.2, -0.15) is 8.78 Å². The predicted molar refractivity (Wildman–Crippen MR) is 113 cm³/mol. The first-order valence-electron chi connectivity index (χ1n) is 10.1. The molecule has 0 spiro atoms. The van der Waals surface area contributed by atoms with Crippen LogP contribution in [0.25, 0.3) is 0 Å². The lowest BCUT2D eigenvalue weighted by atomic mass is 10.1. The lowest BCUT2D eigenvalue weighted by molar-refractivity contribution is -0.189. The molecule has 1 fully saturated rings. The van der Waals surface area contributed by atoms with Crippen molar-refractivity contribution < 1.29 is 27.8 Å². The SMILES string of the molecule is CC(=O)Nc1cc(Nc2cc(C)nc(C(C)(F)F)n2)c(OCC2COCC(C)(C)O2)cn1. The molecule has 1 aliphatic heterocycles. The number of nitrogens with one attached hydrogen (secondary N) is 2. The number of aryl methyl sites for hydroxylation is 1. The third-order valence-electron chi connectivity index (χ3n) is 4.34. The Hall–Kier alpha value is -2.92. The Morgan fingerprint density at radius 3 is 2.72 bits per heavy atom. The molecule has 3 rings (SSSR count). The Morgan fingerprint density at radius 1 is 1.31 bits per heavy atom. The monoisotopic (exact) mass is 451 g/mol. The van der Waals surface area contributed by atoms with E-state index in [4.69, 9.17) is 14.2 Å². The van der Waals surface area contributed by atoms with Gasteiger partial charge in [-0.1, -0.05) is 0 Å². The van der Waals surface area contributed by atoms with Gasteiger partial charge in [-0.15, -0.1) is 0 Å². The molecular formula is C21H27F2N5O4. The Balaban J connectivity index is 1.85. The van der Waals surface area contributed by atoms with Gasteiger partial charge in [0.2, 0.25) is 11.7 Å². The second-order valence-electron chi connectivity index (χ2n) is 8.30. The lowest BCUT2D eigenvalue weighted by Crippen LogP contribution is -2.45. The second kappa shape index (κ2) is 9.29. The number of pyridine rings is 1. The van der Waals surface area contributed by atoms with Crippen molar-refractivity contribution in [3.8, 4) is 5.75 Å². The summed E-state index contributed by atoms with van der Waals surface area (Å²) in [6.45, 7) is 8.57.